The standard InChI is InChI=1S/C22H34ClNO3Si/c1-9-19-21(27-28(14(2)3,15(4)5)16(6)7)20(22(25)26-8)24(19)18-12-10-17(23)11-13-18/h10-16,19H,9H2,1-8H3/t19-/m0/s1. The fourth-order valence-corrected chi connectivity index (χ4v) is 10.2. The van der Waals surface area contributed by atoms with E-state index in [2.05, 4.69) is 48.5 Å². The molecule has 0 amide bonds. The first kappa shape index (κ1) is 22.8. The van der Waals surface area contributed by atoms with Crippen molar-refractivity contribution in [2.75, 3.05) is 12.0 Å². The van der Waals surface area contributed by atoms with Gasteiger partial charge in [-0.3, -0.25) is 0 Å². The molecular formula is C22H34ClNO3Si. The molecule has 0 N–H and O–H groups in total. The Labute approximate surface area is 176 Å². The van der Waals surface area contributed by atoms with Gasteiger partial charge in [0.15, 0.2) is 5.70 Å². The Morgan fingerprint density at radius 2 is 1.57 bits per heavy atom. The summed E-state index contributed by atoms with van der Waals surface area (Å²) in [6.45, 7) is 15.6. The topological polar surface area (TPSA) is 38.8 Å². The summed E-state index contributed by atoms with van der Waals surface area (Å²) < 4.78 is 12.0. The zero-order valence-electron chi connectivity index (χ0n) is 18.4. The van der Waals surface area contributed by atoms with Crippen LogP contribution in [0.5, 0.6) is 0 Å². The van der Waals surface area contributed by atoms with Crippen LogP contribution in [0.2, 0.25) is 21.6 Å². The maximum atomic E-state index is 12.7. The van der Waals surface area contributed by atoms with E-state index in [0.717, 1.165) is 17.9 Å². The van der Waals surface area contributed by atoms with Crippen LogP contribution >= 0.6 is 11.6 Å². The molecule has 1 heterocycles. The number of methoxy groups -OCH3 is 1. The number of halogens is 1. The van der Waals surface area contributed by atoms with Crippen LogP contribution in [0.4, 0.5) is 5.69 Å². The van der Waals surface area contributed by atoms with Gasteiger partial charge < -0.3 is 14.1 Å². The molecule has 0 radical (unpaired) electrons. The van der Waals surface area contributed by atoms with Crippen molar-refractivity contribution in [3.63, 3.8) is 0 Å². The number of hydrogen-bond donors (Lipinski definition) is 0. The second kappa shape index (κ2) is 8.91. The highest BCUT2D eigenvalue weighted by molar-refractivity contribution is 6.78. The summed E-state index contributed by atoms with van der Waals surface area (Å²) in [6, 6.07) is 7.57. The Morgan fingerprint density at radius 3 is 1.96 bits per heavy atom. The first-order valence-corrected chi connectivity index (χ1v) is 12.7. The number of benzene rings is 1. The van der Waals surface area contributed by atoms with Crippen molar-refractivity contribution >= 4 is 31.6 Å². The number of ether oxygens (including phenoxy) is 1. The largest absolute Gasteiger partial charge is 0.543 e. The van der Waals surface area contributed by atoms with Gasteiger partial charge in [0, 0.05) is 10.7 Å². The quantitative estimate of drug-likeness (QED) is 0.352. The van der Waals surface area contributed by atoms with Crippen LogP contribution in [0, 0.1) is 0 Å². The maximum Gasteiger partial charge on any atom is 0.358 e. The first-order chi connectivity index (χ1) is 13.1. The van der Waals surface area contributed by atoms with E-state index in [0.29, 0.717) is 27.3 Å². The summed E-state index contributed by atoms with van der Waals surface area (Å²) in [5.41, 5.74) is 2.74. The lowest BCUT2D eigenvalue weighted by molar-refractivity contribution is -0.137. The predicted molar refractivity (Wildman–Crippen MR) is 119 cm³/mol. The molecule has 1 aliphatic rings. The Morgan fingerprint density at radius 1 is 1.07 bits per heavy atom. The molecule has 0 saturated carbocycles. The summed E-state index contributed by atoms with van der Waals surface area (Å²) in [4.78, 5) is 14.7. The van der Waals surface area contributed by atoms with E-state index in [1.165, 1.54) is 7.11 Å². The smallest absolute Gasteiger partial charge is 0.358 e. The maximum absolute atomic E-state index is 12.7. The molecule has 1 aliphatic heterocycles. The summed E-state index contributed by atoms with van der Waals surface area (Å²) >= 11 is 6.05. The number of esters is 1. The third-order valence-corrected chi connectivity index (χ3v) is 12.2. The Hall–Kier alpha value is -1.46. The fraction of sp³-hybridized carbons (Fsp3) is 0.591. The van der Waals surface area contributed by atoms with Crippen LogP contribution in [0.1, 0.15) is 54.9 Å². The van der Waals surface area contributed by atoms with Gasteiger partial charge in [-0.2, -0.15) is 0 Å². The molecule has 0 aliphatic carbocycles. The monoisotopic (exact) mass is 423 g/mol. The second-order valence-corrected chi connectivity index (χ2v) is 14.2. The lowest BCUT2D eigenvalue weighted by atomic mass is 9.98. The number of nitrogens with zero attached hydrogens (tertiary/aromatic N) is 1. The van der Waals surface area contributed by atoms with Crippen molar-refractivity contribution in [2.24, 2.45) is 0 Å². The van der Waals surface area contributed by atoms with Crippen molar-refractivity contribution in [1.82, 2.24) is 0 Å². The molecule has 28 heavy (non-hydrogen) atoms. The van der Waals surface area contributed by atoms with E-state index in [-0.39, 0.29) is 12.0 Å². The van der Waals surface area contributed by atoms with Gasteiger partial charge in [-0.25, -0.2) is 4.79 Å². The third-order valence-electron chi connectivity index (χ3n) is 5.95. The molecule has 156 valence electrons. The molecule has 6 heteroatoms. The van der Waals surface area contributed by atoms with E-state index in [1.807, 2.05) is 29.2 Å². The van der Waals surface area contributed by atoms with Crippen LogP contribution in [-0.2, 0) is 14.0 Å². The molecular weight excluding hydrogens is 390 g/mol. The van der Waals surface area contributed by atoms with Crippen molar-refractivity contribution in [3.8, 4) is 0 Å². The molecule has 0 unspecified atom stereocenters. The number of carbonyl (C=O) groups excluding carboxylic acids is 1. The summed E-state index contributed by atoms with van der Waals surface area (Å²) in [5, 5.41) is 0.670. The van der Waals surface area contributed by atoms with Gasteiger partial charge in [0.25, 0.3) is 8.32 Å². The van der Waals surface area contributed by atoms with Crippen molar-refractivity contribution in [3.05, 3.63) is 40.7 Å². The van der Waals surface area contributed by atoms with E-state index >= 15 is 0 Å². The van der Waals surface area contributed by atoms with Gasteiger partial charge in [-0.1, -0.05) is 60.1 Å². The zero-order chi connectivity index (χ0) is 21.2. The highest BCUT2D eigenvalue weighted by Gasteiger charge is 2.52. The molecule has 4 nitrogen and oxygen atoms in total. The lowest BCUT2D eigenvalue weighted by Crippen LogP contribution is -2.56. The molecule has 0 saturated heterocycles. The Balaban J connectivity index is 2.58. The highest BCUT2D eigenvalue weighted by atomic mass is 35.5. The van der Waals surface area contributed by atoms with Crippen LogP contribution in [0.3, 0.4) is 0 Å². The van der Waals surface area contributed by atoms with E-state index in [4.69, 9.17) is 20.8 Å². The van der Waals surface area contributed by atoms with Gasteiger partial charge in [-0.05, 0) is 47.3 Å². The summed E-state index contributed by atoms with van der Waals surface area (Å²) in [6.07, 6.45) is 0.844. The molecule has 0 bridgehead atoms. The predicted octanol–water partition coefficient (Wildman–Crippen LogP) is 6.52. The second-order valence-electron chi connectivity index (χ2n) is 8.39. The number of carbonyl (C=O) groups is 1. The Bertz CT molecular complexity index is 706. The molecule has 0 fully saturated rings. The van der Waals surface area contributed by atoms with Gasteiger partial charge in [0.1, 0.15) is 5.76 Å². The molecule has 2 rings (SSSR count). The third kappa shape index (κ3) is 3.83. The average Bonchev–Trinajstić information content (AvgIpc) is 2.61. The Kier molecular flexibility index (Phi) is 7.26. The summed E-state index contributed by atoms with van der Waals surface area (Å²) in [7, 11) is -0.751. The number of anilines is 1. The minimum Gasteiger partial charge on any atom is -0.543 e. The molecule has 1 aromatic carbocycles. The van der Waals surface area contributed by atoms with Crippen LogP contribution in [0.25, 0.3) is 0 Å². The van der Waals surface area contributed by atoms with E-state index in [1.54, 1.807) is 0 Å². The fourth-order valence-electron chi connectivity index (χ4n) is 4.72. The zero-order valence-corrected chi connectivity index (χ0v) is 20.1. The van der Waals surface area contributed by atoms with Crippen molar-refractivity contribution in [2.45, 2.75) is 77.6 Å². The molecule has 0 spiro atoms. The van der Waals surface area contributed by atoms with Crippen LogP contribution in [0.15, 0.2) is 35.7 Å². The van der Waals surface area contributed by atoms with Crippen molar-refractivity contribution in [1.29, 1.82) is 0 Å². The highest BCUT2D eigenvalue weighted by Crippen LogP contribution is 2.48. The van der Waals surface area contributed by atoms with Gasteiger partial charge in [-0.15, -0.1) is 0 Å². The van der Waals surface area contributed by atoms with E-state index < -0.39 is 8.32 Å². The van der Waals surface area contributed by atoms with Gasteiger partial charge in [0.05, 0.1) is 13.2 Å². The van der Waals surface area contributed by atoms with E-state index in [9.17, 15) is 4.79 Å². The van der Waals surface area contributed by atoms with Crippen LogP contribution < -0.4 is 4.90 Å². The minimum absolute atomic E-state index is 0.0263. The molecule has 1 aromatic rings. The average molecular weight is 424 g/mol. The molecule has 1 atom stereocenters. The lowest BCUT2D eigenvalue weighted by Gasteiger charge is -2.50. The van der Waals surface area contributed by atoms with Crippen LogP contribution in [-0.4, -0.2) is 27.4 Å². The summed E-state index contributed by atoms with van der Waals surface area (Å²) in [5.74, 6) is 0.445. The number of rotatable bonds is 8. The van der Waals surface area contributed by atoms with Gasteiger partial charge in [0.2, 0.25) is 0 Å². The van der Waals surface area contributed by atoms with Gasteiger partial charge >= 0.3 is 5.97 Å². The molecule has 0 aromatic heterocycles. The first-order valence-electron chi connectivity index (χ1n) is 10.2. The minimum atomic E-state index is -2.17. The normalized spacial score (nSPS) is 17.4. The SMILES string of the molecule is CC[C@H]1C(O[Si](C(C)C)(C(C)C)C(C)C)=C(C(=O)OC)N1c1ccc(Cl)cc1. The number of hydrogen-bond acceptors (Lipinski definition) is 4. The van der Waals surface area contributed by atoms with Crippen molar-refractivity contribution < 1.29 is 14.0 Å².